The molecule has 40 heavy (non-hydrogen) atoms. The van der Waals surface area contributed by atoms with Gasteiger partial charge in [0.05, 0.1) is 12.0 Å². The smallest absolute Gasteiger partial charge is 0.319 e. The Morgan fingerprint density at radius 2 is 1.75 bits per heavy atom. The molecular weight excluding hydrogens is 540 g/mol. The minimum Gasteiger partial charge on any atom is -0.496 e. The highest BCUT2D eigenvalue weighted by Gasteiger charge is 2.25. The van der Waals surface area contributed by atoms with E-state index in [1.807, 2.05) is 24.3 Å². The fourth-order valence-corrected chi connectivity index (χ4v) is 5.50. The number of hydrogen-bond donors (Lipinski definition) is 4. The van der Waals surface area contributed by atoms with Gasteiger partial charge in [0.15, 0.2) is 11.5 Å². The number of fused-ring (bicyclic) bond motifs is 1. The van der Waals surface area contributed by atoms with E-state index in [-0.39, 0.29) is 37.7 Å². The zero-order valence-corrected chi connectivity index (χ0v) is 22.6. The number of benzene rings is 3. The third kappa shape index (κ3) is 7.20. The van der Waals surface area contributed by atoms with Crippen molar-refractivity contribution in [3.05, 3.63) is 77.9 Å². The molecule has 0 unspecified atom stereocenters. The number of hydroxylamine groups is 1. The van der Waals surface area contributed by atoms with Crippen molar-refractivity contribution in [3.63, 3.8) is 0 Å². The number of carbonyl (C=O) groups excluding carboxylic acids is 2. The summed E-state index contributed by atoms with van der Waals surface area (Å²) >= 11 is 0. The van der Waals surface area contributed by atoms with Crippen LogP contribution in [0, 0.1) is 0 Å². The fraction of sp³-hybridized carbons (Fsp3) is 0.259. The number of methoxy groups -OCH3 is 1. The average molecular weight is 571 g/mol. The Labute approximate surface area is 231 Å². The number of nitrogens with zero attached hydrogens (tertiary/aromatic N) is 1. The summed E-state index contributed by atoms with van der Waals surface area (Å²) in [6, 6.07) is 17.9. The van der Waals surface area contributed by atoms with Crippen LogP contribution in [-0.4, -0.2) is 56.9 Å². The lowest BCUT2D eigenvalue weighted by molar-refractivity contribution is -0.129. The lowest BCUT2D eigenvalue weighted by Crippen LogP contribution is -2.36. The molecule has 0 saturated heterocycles. The Kier molecular flexibility index (Phi) is 9.43. The number of nitrogens with one attached hydrogen (secondary N) is 3. The van der Waals surface area contributed by atoms with E-state index < -0.39 is 22.0 Å². The summed E-state index contributed by atoms with van der Waals surface area (Å²) in [5, 5.41) is 14.3. The number of sulfonamides is 1. The topological polar surface area (TPSA) is 156 Å². The lowest BCUT2D eigenvalue weighted by Gasteiger charge is -2.22. The molecule has 0 spiro atoms. The molecule has 4 N–H and O–H groups in total. The van der Waals surface area contributed by atoms with Crippen LogP contribution in [0.2, 0.25) is 0 Å². The van der Waals surface area contributed by atoms with Crippen LogP contribution < -0.4 is 30.3 Å². The molecule has 0 bridgehead atoms. The van der Waals surface area contributed by atoms with Gasteiger partial charge >= 0.3 is 6.03 Å². The van der Waals surface area contributed by atoms with Crippen molar-refractivity contribution in [2.24, 2.45) is 0 Å². The molecular formula is C27H30N4O8S. The van der Waals surface area contributed by atoms with E-state index in [2.05, 4.69) is 10.6 Å². The number of carbonyl (C=O) groups is 2. The van der Waals surface area contributed by atoms with Crippen LogP contribution in [0.5, 0.6) is 17.2 Å². The minimum absolute atomic E-state index is 0.0109. The van der Waals surface area contributed by atoms with Crippen molar-refractivity contribution in [2.75, 3.05) is 32.3 Å². The molecule has 0 aliphatic carbocycles. The molecule has 3 aromatic carbocycles. The second kappa shape index (κ2) is 13.2. The van der Waals surface area contributed by atoms with Crippen LogP contribution in [0.4, 0.5) is 10.5 Å². The molecule has 0 saturated carbocycles. The minimum atomic E-state index is -4.01. The first-order chi connectivity index (χ1) is 19.3. The first-order valence-electron chi connectivity index (χ1n) is 12.4. The van der Waals surface area contributed by atoms with E-state index in [4.69, 9.17) is 19.4 Å². The number of urea groups is 1. The molecule has 0 aromatic heterocycles. The van der Waals surface area contributed by atoms with Crippen LogP contribution in [0.3, 0.4) is 0 Å². The van der Waals surface area contributed by atoms with Crippen LogP contribution >= 0.6 is 0 Å². The first-order valence-corrected chi connectivity index (χ1v) is 13.8. The molecule has 3 amide bonds. The Balaban J connectivity index is 1.39. The average Bonchev–Trinajstić information content (AvgIpc) is 3.44. The summed E-state index contributed by atoms with van der Waals surface area (Å²) in [4.78, 5) is 24.0. The quantitative estimate of drug-likeness (QED) is 0.191. The van der Waals surface area contributed by atoms with Gasteiger partial charge in [-0.05, 0) is 60.0 Å². The standard InChI is InChI=1S/C27H30N4O8S/c1-37-23-5-3-2-4-20(23)12-14-31(15-13-26(32)30-34)40(35,36)22-9-7-21(8-10-22)29-27(33)28-17-19-6-11-24-25(16-19)39-18-38-24/h2-11,16,34H,12-15,17-18H2,1H3,(H,30,32)(H2,28,29,33). The van der Waals surface area contributed by atoms with Crippen LogP contribution in [0.25, 0.3) is 0 Å². The molecule has 212 valence electrons. The van der Waals surface area contributed by atoms with Crippen molar-refractivity contribution < 1.29 is 37.4 Å². The molecule has 0 atom stereocenters. The van der Waals surface area contributed by atoms with Crippen LogP contribution in [0.1, 0.15) is 17.5 Å². The van der Waals surface area contributed by atoms with E-state index in [9.17, 15) is 18.0 Å². The number of para-hydroxylation sites is 1. The maximum Gasteiger partial charge on any atom is 0.319 e. The largest absolute Gasteiger partial charge is 0.496 e. The van der Waals surface area contributed by atoms with Gasteiger partial charge < -0.3 is 24.8 Å². The molecule has 1 aliphatic rings. The summed E-state index contributed by atoms with van der Waals surface area (Å²) in [5.41, 5.74) is 3.55. The van der Waals surface area contributed by atoms with Crippen molar-refractivity contribution in [1.29, 1.82) is 0 Å². The summed E-state index contributed by atoms with van der Waals surface area (Å²) in [5.74, 6) is 1.19. The van der Waals surface area contributed by atoms with Crippen LogP contribution in [0.15, 0.2) is 71.6 Å². The van der Waals surface area contributed by atoms with Gasteiger partial charge in [-0.15, -0.1) is 0 Å². The van der Waals surface area contributed by atoms with Gasteiger partial charge in [-0.3, -0.25) is 10.0 Å². The summed E-state index contributed by atoms with van der Waals surface area (Å²) in [6.07, 6.45) is 0.109. The van der Waals surface area contributed by atoms with Crippen molar-refractivity contribution >= 4 is 27.6 Å². The van der Waals surface area contributed by atoms with Gasteiger partial charge in [0.2, 0.25) is 22.7 Å². The fourth-order valence-electron chi connectivity index (χ4n) is 4.06. The molecule has 1 heterocycles. The molecule has 4 rings (SSSR count). The van der Waals surface area contributed by atoms with Gasteiger partial charge in [-0.1, -0.05) is 24.3 Å². The molecule has 13 heteroatoms. The van der Waals surface area contributed by atoms with Gasteiger partial charge in [0.25, 0.3) is 0 Å². The number of anilines is 1. The predicted octanol–water partition coefficient (Wildman–Crippen LogP) is 2.87. The van der Waals surface area contributed by atoms with Crippen molar-refractivity contribution in [2.45, 2.75) is 24.3 Å². The molecule has 0 fully saturated rings. The van der Waals surface area contributed by atoms with E-state index >= 15 is 0 Å². The van der Waals surface area contributed by atoms with Crippen molar-refractivity contribution in [3.8, 4) is 17.2 Å². The maximum atomic E-state index is 13.5. The Bertz CT molecular complexity index is 1450. The number of rotatable bonds is 12. The maximum absolute atomic E-state index is 13.5. The van der Waals surface area contributed by atoms with E-state index in [0.29, 0.717) is 29.4 Å². The highest BCUT2D eigenvalue weighted by Crippen LogP contribution is 2.32. The third-order valence-corrected chi connectivity index (χ3v) is 8.09. The number of ether oxygens (including phenoxy) is 3. The Morgan fingerprint density at radius 3 is 2.50 bits per heavy atom. The highest BCUT2D eigenvalue weighted by molar-refractivity contribution is 7.89. The predicted molar refractivity (Wildman–Crippen MR) is 145 cm³/mol. The molecule has 3 aromatic rings. The summed E-state index contributed by atoms with van der Waals surface area (Å²) < 4.78 is 44.1. The van der Waals surface area contributed by atoms with Gasteiger partial charge in [0, 0.05) is 31.7 Å². The van der Waals surface area contributed by atoms with E-state index in [1.54, 1.807) is 18.2 Å². The number of amides is 3. The second-order valence-corrected chi connectivity index (χ2v) is 10.7. The van der Waals surface area contributed by atoms with Gasteiger partial charge in [-0.2, -0.15) is 4.31 Å². The van der Waals surface area contributed by atoms with E-state index in [1.165, 1.54) is 41.2 Å². The first kappa shape index (κ1) is 28.7. The van der Waals surface area contributed by atoms with Gasteiger partial charge in [-0.25, -0.2) is 18.7 Å². The molecule has 1 aliphatic heterocycles. The summed E-state index contributed by atoms with van der Waals surface area (Å²) in [6.45, 7) is 0.337. The monoisotopic (exact) mass is 570 g/mol. The summed E-state index contributed by atoms with van der Waals surface area (Å²) in [7, 11) is -2.48. The number of hydrogen-bond acceptors (Lipinski definition) is 8. The van der Waals surface area contributed by atoms with Gasteiger partial charge in [0.1, 0.15) is 5.75 Å². The Morgan fingerprint density at radius 1 is 1.00 bits per heavy atom. The normalized spacial score (nSPS) is 12.2. The van der Waals surface area contributed by atoms with Crippen LogP contribution in [-0.2, 0) is 27.8 Å². The lowest BCUT2D eigenvalue weighted by atomic mass is 10.1. The third-order valence-electron chi connectivity index (χ3n) is 6.18. The molecule has 0 radical (unpaired) electrons. The van der Waals surface area contributed by atoms with Crippen molar-refractivity contribution in [1.82, 2.24) is 15.1 Å². The zero-order chi connectivity index (χ0) is 28.5. The van der Waals surface area contributed by atoms with E-state index in [0.717, 1.165) is 11.1 Å². The SMILES string of the molecule is COc1ccccc1CCN(CCC(=O)NO)S(=O)(=O)c1ccc(NC(=O)NCc2ccc3c(c2)OCO3)cc1. The Hall–Kier alpha value is -4.33. The zero-order valence-electron chi connectivity index (χ0n) is 21.8. The highest BCUT2D eigenvalue weighted by atomic mass is 32.2. The molecule has 12 nitrogen and oxygen atoms in total. The second-order valence-electron chi connectivity index (χ2n) is 8.77.